The molecule has 1 heterocycles. The average molecular weight is 291 g/mol. The van der Waals surface area contributed by atoms with Crippen LogP contribution in [0.4, 0.5) is 0 Å². The molecule has 0 spiro atoms. The zero-order valence-corrected chi connectivity index (χ0v) is 12.0. The van der Waals surface area contributed by atoms with E-state index in [-0.39, 0.29) is 18.7 Å². The number of hydroxylamine groups is 2. The Morgan fingerprint density at radius 2 is 1.76 bits per heavy atom. The van der Waals surface area contributed by atoms with Crippen molar-refractivity contribution in [3.63, 3.8) is 0 Å². The van der Waals surface area contributed by atoms with Crippen molar-refractivity contribution in [2.75, 3.05) is 6.61 Å². The molecule has 2 rings (SSSR count). The minimum Gasteiger partial charge on any atom is -0.466 e. The molecule has 0 radical (unpaired) electrons. The lowest BCUT2D eigenvalue weighted by atomic mass is 10.1. The van der Waals surface area contributed by atoms with Crippen LogP contribution in [0.25, 0.3) is 0 Å². The highest BCUT2D eigenvalue weighted by Crippen LogP contribution is 2.24. The first-order chi connectivity index (χ1) is 10.0. The summed E-state index contributed by atoms with van der Waals surface area (Å²) in [4.78, 5) is 40.5. The molecule has 112 valence electrons. The Bertz CT molecular complexity index is 534. The maximum Gasteiger partial charge on any atom is 0.302 e. The molecule has 0 aliphatic carbocycles. The van der Waals surface area contributed by atoms with Crippen LogP contribution in [0.2, 0.25) is 0 Å². The molecule has 1 aliphatic heterocycles. The van der Waals surface area contributed by atoms with Gasteiger partial charge in [-0.2, -0.15) is 0 Å². The van der Waals surface area contributed by atoms with E-state index in [1.54, 1.807) is 24.3 Å². The summed E-state index contributed by atoms with van der Waals surface area (Å²) in [6.07, 6.45) is 0.643. The van der Waals surface area contributed by atoms with Crippen molar-refractivity contribution >= 4 is 17.8 Å². The number of rotatable bonds is 6. The van der Waals surface area contributed by atoms with Gasteiger partial charge in [0.1, 0.15) is 0 Å². The Morgan fingerprint density at radius 3 is 2.24 bits per heavy atom. The van der Waals surface area contributed by atoms with Crippen molar-refractivity contribution in [3.8, 4) is 0 Å². The predicted molar refractivity (Wildman–Crippen MR) is 73.4 cm³/mol. The van der Waals surface area contributed by atoms with Crippen molar-refractivity contribution < 1.29 is 24.0 Å². The summed E-state index contributed by atoms with van der Waals surface area (Å²) in [5.74, 6) is -1.28. The summed E-state index contributed by atoms with van der Waals surface area (Å²) in [5.41, 5.74) is 0.690. The second-order valence-electron chi connectivity index (χ2n) is 4.71. The Kier molecular flexibility index (Phi) is 4.70. The summed E-state index contributed by atoms with van der Waals surface area (Å²) in [6, 6.07) is 6.59. The molecule has 1 aromatic rings. The second-order valence-corrected chi connectivity index (χ2v) is 4.71. The molecule has 0 fully saturated rings. The molecule has 21 heavy (non-hydrogen) atoms. The van der Waals surface area contributed by atoms with E-state index >= 15 is 0 Å². The molecule has 1 unspecified atom stereocenters. The van der Waals surface area contributed by atoms with E-state index in [9.17, 15) is 14.4 Å². The van der Waals surface area contributed by atoms with Crippen LogP contribution in [-0.4, -0.2) is 35.6 Å². The number of hydrogen-bond donors (Lipinski definition) is 0. The molecule has 0 saturated heterocycles. The van der Waals surface area contributed by atoms with E-state index in [0.717, 1.165) is 5.06 Å². The summed E-state index contributed by atoms with van der Waals surface area (Å²) in [6.45, 7) is 3.39. The summed E-state index contributed by atoms with van der Waals surface area (Å²) >= 11 is 0. The highest BCUT2D eigenvalue weighted by atomic mass is 16.7. The fourth-order valence-electron chi connectivity index (χ4n) is 2.08. The van der Waals surface area contributed by atoms with Crippen LogP contribution in [0.3, 0.4) is 0 Å². The molecule has 0 N–H and O–H groups in total. The van der Waals surface area contributed by atoms with Crippen LogP contribution in [0.1, 0.15) is 47.4 Å². The molecule has 6 nitrogen and oxygen atoms in total. The van der Waals surface area contributed by atoms with E-state index in [1.165, 1.54) is 6.92 Å². The number of fused-ring (bicyclic) bond motifs is 1. The zero-order valence-electron chi connectivity index (χ0n) is 12.0. The Hall–Kier alpha value is -2.21. The minimum atomic E-state index is -0.457. The third kappa shape index (κ3) is 3.28. The molecule has 0 bridgehead atoms. The molecule has 0 aromatic heterocycles. The number of carbonyl (C=O) groups excluding carboxylic acids is 3. The monoisotopic (exact) mass is 291 g/mol. The number of imide groups is 1. The third-order valence-electron chi connectivity index (χ3n) is 3.21. The van der Waals surface area contributed by atoms with Gasteiger partial charge in [-0.05, 0) is 18.6 Å². The number of benzene rings is 1. The zero-order chi connectivity index (χ0) is 15.4. The topological polar surface area (TPSA) is 72.9 Å². The molecule has 1 aromatic carbocycles. The Labute approximate surface area is 122 Å². The lowest BCUT2D eigenvalue weighted by Crippen LogP contribution is -2.35. The standard InChI is InChI=1S/C15H17NO5/c1-3-11(8-9-20-10(2)17)21-16-14(18)12-6-4-5-7-13(12)15(16)19/h4-7,11H,3,8-9H2,1-2H3. The van der Waals surface area contributed by atoms with E-state index in [0.29, 0.717) is 24.0 Å². The summed E-state index contributed by atoms with van der Waals surface area (Å²) in [5, 5.41) is 0.798. The number of ether oxygens (including phenoxy) is 1. The van der Waals surface area contributed by atoms with Crippen molar-refractivity contribution in [1.29, 1.82) is 0 Å². The SMILES string of the molecule is CCC(CCOC(C)=O)ON1C(=O)c2ccccc2C1=O. The van der Waals surface area contributed by atoms with Gasteiger partial charge >= 0.3 is 5.97 Å². The maximum atomic E-state index is 12.1. The lowest BCUT2D eigenvalue weighted by molar-refractivity contribution is -0.150. The molecule has 2 amide bonds. The maximum absolute atomic E-state index is 12.1. The third-order valence-corrected chi connectivity index (χ3v) is 3.21. The van der Waals surface area contributed by atoms with Gasteiger partial charge in [-0.25, -0.2) is 0 Å². The molecular formula is C15H17NO5. The van der Waals surface area contributed by atoms with E-state index in [2.05, 4.69) is 0 Å². The van der Waals surface area contributed by atoms with Gasteiger partial charge in [-0.15, -0.1) is 5.06 Å². The average Bonchev–Trinajstić information content (AvgIpc) is 2.71. The minimum absolute atomic E-state index is 0.191. The van der Waals surface area contributed by atoms with Crippen molar-refractivity contribution in [3.05, 3.63) is 35.4 Å². The predicted octanol–water partition coefficient (Wildman–Crippen LogP) is 1.95. The van der Waals surface area contributed by atoms with Gasteiger partial charge < -0.3 is 4.74 Å². The van der Waals surface area contributed by atoms with Gasteiger partial charge in [-0.3, -0.25) is 19.2 Å². The van der Waals surface area contributed by atoms with E-state index < -0.39 is 11.8 Å². The fraction of sp³-hybridized carbons (Fsp3) is 0.400. The summed E-state index contributed by atoms with van der Waals surface area (Å²) in [7, 11) is 0. The number of carbonyl (C=O) groups is 3. The van der Waals surface area contributed by atoms with Crippen LogP contribution in [0.15, 0.2) is 24.3 Å². The number of esters is 1. The Balaban J connectivity index is 2.01. The Morgan fingerprint density at radius 1 is 1.19 bits per heavy atom. The van der Waals surface area contributed by atoms with Gasteiger partial charge in [-0.1, -0.05) is 19.1 Å². The number of amides is 2. The van der Waals surface area contributed by atoms with Crippen molar-refractivity contribution in [2.24, 2.45) is 0 Å². The van der Waals surface area contributed by atoms with Gasteiger partial charge in [0, 0.05) is 13.3 Å². The van der Waals surface area contributed by atoms with Crippen molar-refractivity contribution in [2.45, 2.75) is 32.8 Å². The first-order valence-electron chi connectivity index (χ1n) is 6.82. The number of nitrogens with zero attached hydrogens (tertiary/aromatic N) is 1. The van der Waals surface area contributed by atoms with E-state index in [1.807, 2.05) is 6.92 Å². The van der Waals surface area contributed by atoms with Gasteiger partial charge in [0.15, 0.2) is 0 Å². The highest BCUT2D eigenvalue weighted by molar-refractivity contribution is 6.20. The van der Waals surface area contributed by atoms with Crippen LogP contribution >= 0.6 is 0 Å². The first kappa shape index (κ1) is 15.2. The first-order valence-corrected chi connectivity index (χ1v) is 6.82. The molecule has 0 saturated carbocycles. The van der Waals surface area contributed by atoms with Gasteiger partial charge in [0.05, 0.1) is 23.8 Å². The quantitative estimate of drug-likeness (QED) is 0.591. The fourth-order valence-corrected chi connectivity index (χ4v) is 2.08. The van der Waals surface area contributed by atoms with Crippen LogP contribution in [-0.2, 0) is 14.4 Å². The second kappa shape index (κ2) is 6.49. The van der Waals surface area contributed by atoms with Crippen LogP contribution < -0.4 is 0 Å². The van der Waals surface area contributed by atoms with E-state index in [4.69, 9.17) is 9.57 Å². The lowest BCUT2D eigenvalue weighted by Gasteiger charge is -2.21. The molecule has 1 aliphatic rings. The van der Waals surface area contributed by atoms with Crippen molar-refractivity contribution in [1.82, 2.24) is 5.06 Å². The highest BCUT2D eigenvalue weighted by Gasteiger charge is 2.37. The molecule has 1 atom stereocenters. The van der Waals surface area contributed by atoms with Crippen LogP contribution in [0.5, 0.6) is 0 Å². The molecular weight excluding hydrogens is 274 g/mol. The summed E-state index contributed by atoms with van der Waals surface area (Å²) < 4.78 is 4.85. The number of hydrogen-bond acceptors (Lipinski definition) is 5. The van der Waals surface area contributed by atoms with Gasteiger partial charge in [0.2, 0.25) is 0 Å². The van der Waals surface area contributed by atoms with Gasteiger partial charge in [0.25, 0.3) is 11.8 Å². The normalized spacial score (nSPS) is 15.0. The molecule has 6 heteroatoms. The smallest absolute Gasteiger partial charge is 0.302 e. The largest absolute Gasteiger partial charge is 0.466 e. The van der Waals surface area contributed by atoms with Crippen LogP contribution in [0, 0.1) is 0 Å².